The Morgan fingerprint density at radius 2 is 1.67 bits per heavy atom. The number of piperazine rings is 1. The molecule has 0 aliphatic carbocycles. The molecule has 0 saturated carbocycles. The summed E-state index contributed by atoms with van der Waals surface area (Å²) in [5.41, 5.74) is 0. The Hall–Kier alpha value is -1.50. The van der Waals surface area contributed by atoms with Gasteiger partial charge in [0.2, 0.25) is 0 Å². The maximum atomic E-state index is 10.8. The van der Waals surface area contributed by atoms with Gasteiger partial charge in [0.15, 0.2) is 0 Å². The lowest BCUT2D eigenvalue weighted by Crippen LogP contribution is -2.62. The summed E-state index contributed by atoms with van der Waals surface area (Å²) in [6.45, 7) is 1.44. The molecule has 0 spiro atoms. The molecule has 0 aromatic rings. The van der Waals surface area contributed by atoms with Gasteiger partial charge in [0.1, 0.15) is 0 Å². The van der Waals surface area contributed by atoms with E-state index in [2.05, 4.69) is 0 Å². The van der Waals surface area contributed by atoms with E-state index < -0.39 is 24.3 Å². The molecule has 1 saturated heterocycles. The fourth-order valence-corrected chi connectivity index (χ4v) is 1.81. The summed E-state index contributed by atoms with van der Waals surface area (Å²) in [6.07, 6.45) is -2.23. The van der Waals surface area contributed by atoms with E-state index >= 15 is 0 Å². The Labute approximate surface area is 86.5 Å². The van der Waals surface area contributed by atoms with E-state index in [4.69, 9.17) is 15.3 Å². The van der Waals surface area contributed by atoms with Crippen LogP contribution in [0.3, 0.4) is 0 Å². The van der Waals surface area contributed by atoms with Crippen LogP contribution >= 0.6 is 0 Å². The number of hydrogen-bond donors (Lipinski definition) is 3. The molecule has 3 N–H and O–H groups in total. The molecule has 0 aromatic carbocycles. The van der Waals surface area contributed by atoms with Crippen molar-refractivity contribution in [3.8, 4) is 0 Å². The minimum absolute atomic E-state index is 0.0944. The molecule has 2 unspecified atom stereocenters. The largest absolute Gasteiger partial charge is 0.465 e. The molecule has 2 atom stereocenters. The molecule has 1 rings (SSSR count). The zero-order valence-corrected chi connectivity index (χ0v) is 8.33. The Morgan fingerprint density at radius 1 is 1.20 bits per heavy atom. The maximum Gasteiger partial charge on any atom is 0.407 e. The number of hydrogen-bond acceptors (Lipinski definition) is 3. The lowest BCUT2D eigenvalue weighted by atomic mass is 10.0. The molecular formula is C8H14N2O5. The van der Waals surface area contributed by atoms with Crippen LogP contribution in [0.2, 0.25) is 0 Å². The first-order valence-corrected chi connectivity index (χ1v) is 4.59. The van der Waals surface area contributed by atoms with Gasteiger partial charge in [-0.1, -0.05) is 0 Å². The summed E-state index contributed by atoms with van der Waals surface area (Å²) in [5.74, 6) is 0. The number of aliphatic hydroxyl groups is 1. The SMILES string of the molecule is CC1C(CO)N(C(=O)O)CCN1C(=O)O. The van der Waals surface area contributed by atoms with Gasteiger partial charge in [0, 0.05) is 13.1 Å². The van der Waals surface area contributed by atoms with E-state index in [9.17, 15) is 9.59 Å². The van der Waals surface area contributed by atoms with Crippen LogP contribution < -0.4 is 0 Å². The van der Waals surface area contributed by atoms with Gasteiger partial charge in [-0.3, -0.25) is 4.90 Å². The van der Waals surface area contributed by atoms with Crippen LogP contribution in [0, 0.1) is 0 Å². The Kier molecular flexibility index (Phi) is 3.35. The average Bonchev–Trinajstić information content (AvgIpc) is 2.16. The topological polar surface area (TPSA) is 101 Å². The van der Waals surface area contributed by atoms with Crippen molar-refractivity contribution < 1.29 is 24.9 Å². The molecule has 0 bridgehead atoms. The van der Waals surface area contributed by atoms with Gasteiger partial charge in [0.25, 0.3) is 0 Å². The second-order valence-electron chi connectivity index (χ2n) is 3.44. The average molecular weight is 218 g/mol. The molecule has 1 aliphatic heterocycles. The molecule has 7 nitrogen and oxygen atoms in total. The van der Waals surface area contributed by atoms with Gasteiger partial charge >= 0.3 is 12.2 Å². The molecule has 1 heterocycles. The fraction of sp³-hybridized carbons (Fsp3) is 0.750. The van der Waals surface area contributed by atoms with E-state index in [1.54, 1.807) is 6.92 Å². The molecule has 1 fully saturated rings. The van der Waals surface area contributed by atoms with E-state index in [-0.39, 0.29) is 19.7 Å². The lowest BCUT2D eigenvalue weighted by Gasteiger charge is -2.42. The second-order valence-corrected chi connectivity index (χ2v) is 3.44. The van der Waals surface area contributed by atoms with E-state index in [0.717, 1.165) is 9.80 Å². The van der Waals surface area contributed by atoms with Crippen molar-refractivity contribution in [1.29, 1.82) is 0 Å². The van der Waals surface area contributed by atoms with Gasteiger partial charge in [-0.25, -0.2) is 9.59 Å². The lowest BCUT2D eigenvalue weighted by molar-refractivity contribution is 0.0114. The zero-order chi connectivity index (χ0) is 11.6. The highest BCUT2D eigenvalue weighted by atomic mass is 16.4. The predicted molar refractivity (Wildman–Crippen MR) is 49.8 cm³/mol. The third kappa shape index (κ3) is 2.12. The molecule has 1 aliphatic rings. The van der Waals surface area contributed by atoms with Crippen LogP contribution in [0.15, 0.2) is 0 Å². The Morgan fingerprint density at radius 3 is 2.07 bits per heavy atom. The van der Waals surface area contributed by atoms with Crippen LogP contribution in [0.5, 0.6) is 0 Å². The van der Waals surface area contributed by atoms with Gasteiger partial charge in [-0.05, 0) is 6.92 Å². The summed E-state index contributed by atoms with van der Waals surface area (Å²) in [6, 6.07) is -1.22. The third-order valence-corrected chi connectivity index (χ3v) is 2.71. The van der Waals surface area contributed by atoms with Crippen molar-refractivity contribution in [2.45, 2.75) is 19.0 Å². The summed E-state index contributed by atoms with van der Waals surface area (Å²) in [4.78, 5) is 23.8. The van der Waals surface area contributed by atoms with Crippen LogP contribution in [0.25, 0.3) is 0 Å². The number of rotatable bonds is 1. The van der Waals surface area contributed by atoms with E-state index in [1.165, 1.54) is 0 Å². The third-order valence-electron chi connectivity index (χ3n) is 2.71. The van der Waals surface area contributed by atoms with Crippen molar-refractivity contribution in [3.63, 3.8) is 0 Å². The van der Waals surface area contributed by atoms with Gasteiger partial charge in [-0.2, -0.15) is 0 Å². The summed E-state index contributed by atoms with van der Waals surface area (Å²) < 4.78 is 0. The van der Waals surface area contributed by atoms with Crippen molar-refractivity contribution in [2.24, 2.45) is 0 Å². The van der Waals surface area contributed by atoms with E-state index in [1.807, 2.05) is 0 Å². The maximum absolute atomic E-state index is 10.8. The van der Waals surface area contributed by atoms with Crippen LogP contribution in [-0.2, 0) is 0 Å². The number of carboxylic acid groups (broad SMARTS) is 2. The van der Waals surface area contributed by atoms with Gasteiger partial charge in [-0.15, -0.1) is 0 Å². The highest BCUT2D eigenvalue weighted by Gasteiger charge is 2.37. The fourth-order valence-electron chi connectivity index (χ4n) is 1.81. The number of nitrogens with zero attached hydrogens (tertiary/aromatic N) is 2. The first-order valence-electron chi connectivity index (χ1n) is 4.59. The monoisotopic (exact) mass is 218 g/mol. The minimum Gasteiger partial charge on any atom is -0.465 e. The molecule has 0 radical (unpaired) electrons. The smallest absolute Gasteiger partial charge is 0.407 e. The van der Waals surface area contributed by atoms with Crippen LogP contribution in [-0.4, -0.2) is 69.1 Å². The second kappa shape index (κ2) is 4.35. The zero-order valence-electron chi connectivity index (χ0n) is 8.33. The highest BCUT2D eigenvalue weighted by molar-refractivity contribution is 5.68. The first kappa shape index (κ1) is 11.6. The molecule has 15 heavy (non-hydrogen) atoms. The molecule has 2 amide bonds. The van der Waals surface area contributed by atoms with Gasteiger partial charge < -0.3 is 20.2 Å². The standard InChI is InChI=1S/C8H14N2O5/c1-5-6(4-11)10(8(14)15)3-2-9(5)7(12)13/h5-6,11H,2-4H2,1H3,(H,12,13)(H,14,15). The Balaban J connectivity index is 2.81. The summed E-state index contributed by atoms with van der Waals surface area (Å²) in [7, 11) is 0. The van der Waals surface area contributed by atoms with Crippen LogP contribution in [0.4, 0.5) is 9.59 Å². The highest BCUT2D eigenvalue weighted by Crippen LogP contribution is 2.17. The minimum atomic E-state index is -1.13. The summed E-state index contributed by atoms with van der Waals surface area (Å²) >= 11 is 0. The summed E-state index contributed by atoms with van der Waals surface area (Å²) in [5, 5.41) is 26.7. The van der Waals surface area contributed by atoms with Crippen molar-refractivity contribution in [3.05, 3.63) is 0 Å². The van der Waals surface area contributed by atoms with Crippen molar-refractivity contribution in [1.82, 2.24) is 9.80 Å². The predicted octanol–water partition coefficient (Wildman–Crippen LogP) is -0.291. The molecule has 0 aromatic heterocycles. The number of aliphatic hydroxyl groups excluding tert-OH is 1. The van der Waals surface area contributed by atoms with Gasteiger partial charge in [0.05, 0.1) is 18.7 Å². The Bertz CT molecular complexity index is 270. The number of amides is 2. The van der Waals surface area contributed by atoms with E-state index in [0.29, 0.717) is 0 Å². The quantitative estimate of drug-likeness (QED) is 0.561. The first-order chi connectivity index (χ1) is 6.99. The van der Waals surface area contributed by atoms with Crippen molar-refractivity contribution in [2.75, 3.05) is 19.7 Å². The molecule has 86 valence electrons. The normalized spacial score (nSPS) is 26.5. The number of carbonyl (C=O) groups is 2. The van der Waals surface area contributed by atoms with Crippen LogP contribution in [0.1, 0.15) is 6.92 Å². The van der Waals surface area contributed by atoms with Crippen molar-refractivity contribution >= 4 is 12.2 Å². The molecule has 7 heteroatoms. The molecular weight excluding hydrogens is 204 g/mol.